The summed E-state index contributed by atoms with van der Waals surface area (Å²) in [5, 5.41) is 9.95. The molecule has 0 saturated carbocycles. The van der Waals surface area contributed by atoms with Crippen LogP contribution in [0.2, 0.25) is 0 Å². The van der Waals surface area contributed by atoms with Gasteiger partial charge in [-0.15, -0.1) is 23.1 Å². The van der Waals surface area contributed by atoms with Crippen molar-refractivity contribution < 1.29 is 4.79 Å². The predicted molar refractivity (Wildman–Crippen MR) is 105 cm³/mol. The Balaban J connectivity index is 1.92. The van der Waals surface area contributed by atoms with Crippen LogP contribution in [0.3, 0.4) is 0 Å². The number of fused-ring (bicyclic) bond motifs is 1. The highest BCUT2D eigenvalue weighted by Gasteiger charge is 2.34. The van der Waals surface area contributed by atoms with Gasteiger partial charge in [0.15, 0.2) is 0 Å². The summed E-state index contributed by atoms with van der Waals surface area (Å²) in [6.45, 7) is 6.05. The Morgan fingerprint density at radius 3 is 2.76 bits per heavy atom. The van der Waals surface area contributed by atoms with Gasteiger partial charge < -0.3 is 5.32 Å². The van der Waals surface area contributed by atoms with Crippen molar-refractivity contribution in [3.8, 4) is 5.69 Å². The molecule has 3 aromatic rings. The quantitative estimate of drug-likeness (QED) is 0.711. The van der Waals surface area contributed by atoms with E-state index in [1.54, 1.807) is 23.1 Å². The number of benzene rings is 1. The van der Waals surface area contributed by atoms with Crippen LogP contribution in [0.5, 0.6) is 0 Å². The molecule has 2 atom stereocenters. The first-order valence-corrected chi connectivity index (χ1v) is 10.0. The summed E-state index contributed by atoms with van der Waals surface area (Å²) < 4.78 is 1.87. The molecular formula is C19H19N3OS2. The van der Waals surface area contributed by atoms with Gasteiger partial charge in [-0.25, -0.2) is 4.68 Å². The molecule has 1 aromatic carbocycles. The second-order valence-corrected chi connectivity index (χ2v) is 8.69. The highest BCUT2D eigenvalue weighted by atomic mass is 32.2. The molecule has 1 aliphatic rings. The second kappa shape index (κ2) is 6.35. The van der Waals surface area contributed by atoms with Crippen LogP contribution in [0.4, 0.5) is 5.82 Å². The number of thiophene rings is 1. The molecule has 4 nitrogen and oxygen atoms in total. The first-order valence-electron chi connectivity index (χ1n) is 8.21. The van der Waals surface area contributed by atoms with Gasteiger partial charge >= 0.3 is 0 Å². The minimum absolute atomic E-state index is 0.0270. The zero-order chi connectivity index (χ0) is 17.6. The lowest BCUT2D eigenvalue weighted by Crippen LogP contribution is -2.22. The average molecular weight is 370 g/mol. The van der Waals surface area contributed by atoms with Crippen LogP contribution >= 0.6 is 23.1 Å². The molecule has 0 spiro atoms. The lowest BCUT2D eigenvalue weighted by Gasteiger charge is -2.15. The zero-order valence-corrected chi connectivity index (χ0v) is 15.9. The van der Waals surface area contributed by atoms with Crippen molar-refractivity contribution in [2.45, 2.75) is 31.3 Å². The van der Waals surface area contributed by atoms with Crippen LogP contribution in [0.25, 0.3) is 5.69 Å². The second-order valence-electron chi connectivity index (χ2n) is 6.26. The lowest BCUT2D eigenvalue weighted by molar-refractivity contribution is -0.115. The molecule has 25 heavy (non-hydrogen) atoms. The number of aryl methyl sites for hydroxylation is 2. The molecule has 1 N–H and O–H groups in total. The third-order valence-corrected chi connectivity index (χ3v) is 6.84. The number of nitrogens with zero attached hydrogens (tertiary/aromatic N) is 2. The maximum atomic E-state index is 12.6. The molecule has 0 radical (unpaired) electrons. The van der Waals surface area contributed by atoms with Gasteiger partial charge in [0, 0.05) is 10.4 Å². The summed E-state index contributed by atoms with van der Waals surface area (Å²) in [7, 11) is 0. The fourth-order valence-corrected chi connectivity index (χ4v) is 5.39. The van der Waals surface area contributed by atoms with Crippen molar-refractivity contribution in [1.82, 2.24) is 9.78 Å². The molecule has 128 valence electrons. The predicted octanol–water partition coefficient (Wildman–Crippen LogP) is 4.71. The number of carbonyl (C=O) groups is 1. The third-order valence-electron chi connectivity index (χ3n) is 4.37. The van der Waals surface area contributed by atoms with E-state index in [1.807, 2.05) is 30.7 Å². The standard InChI is InChI=1S/C19H19N3OS2/c1-11-6-4-7-14(10-11)22-18-16(12(2)21-22)17(15-8-5-9-24-15)25-13(3)19(23)20-18/h4-10,13,17H,1-3H3,(H,20,23)/t13-,17+/m0/s1. The maximum Gasteiger partial charge on any atom is 0.238 e. The normalized spacial score (nSPS) is 20.0. The summed E-state index contributed by atoms with van der Waals surface area (Å²) in [5.41, 5.74) is 4.19. The van der Waals surface area contributed by atoms with Gasteiger partial charge in [0.1, 0.15) is 5.82 Å². The number of nitrogens with one attached hydrogen (secondary N) is 1. The Hall–Kier alpha value is -2.05. The van der Waals surface area contributed by atoms with Crippen LogP contribution in [0, 0.1) is 13.8 Å². The van der Waals surface area contributed by atoms with E-state index >= 15 is 0 Å². The van der Waals surface area contributed by atoms with Crippen molar-refractivity contribution in [1.29, 1.82) is 0 Å². The van der Waals surface area contributed by atoms with E-state index in [0.29, 0.717) is 0 Å². The molecule has 0 bridgehead atoms. The molecule has 6 heteroatoms. The molecule has 4 rings (SSSR count). The number of aromatic nitrogens is 2. The largest absolute Gasteiger partial charge is 0.309 e. The minimum atomic E-state index is -0.121. The van der Waals surface area contributed by atoms with E-state index in [9.17, 15) is 4.79 Å². The number of amides is 1. The van der Waals surface area contributed by atoms with Gasteiger partial charge in [0.25, 0.3) is 0 Å². The van der Waals surface area contributed by atoms with Crippen LogP contribution in [-0.2, 0) is 4.79 Å². The number of hydrogen-bond acceptors (Lipinski definition) is 4. The highest BCUT2D eigenvalue weighted by molar-refractivity contribution is 8.01. The Bertz CT molecular complexity index is 930. The number of anilines is 1. The van der Waals surface area contributed by atoms with Crippen molar-refractivity contribution in [2.75, 3.05) is 5.32 Å². The fourth-order valence-electron chi connectivity index (χ4n) is 3.12. The molecular weight excluding hydrogens is 350 g/mol. The number of thioether (sulfide) groups is 1. The zero-order valence-electron chi connectivity index (χ0n) is 14.3. The van der Waals surface area contributed by atoms with Crippen molar-refractivity contribution >= 4 is 34.8 Å². The first-order chi connectivity index (χ1) is 12.0. The monoisotopic (exact) mass is 369 g/mol. The molecule has 1 aliphatic heterocycles. The van der Waals surface area contributed by atoms with E-state index in [2.05, 4.69) is 41.9 Å². The number of hydrogen-bond donors (Lipinski definition) is 1. The highest BCUT2D eigenvalue weighted by Crippen LogP contribution is 2.47. The van der Waals surface area contributed by atoms with E-state index < -0.39 is 0 Å². The summed E-state index contributed by atoms with van der Waals surface area (Å²) in [6.07, 6.45) is 0. The van der Waals surface area contributed by atoms with E-state index in [0.717, 1.165) is 28.3 Å². The van der Waals surface area contributed by atoms with Gasteiger partial charge in [0.05, 0.1) is 21.9 Å². The van der Waals surface area contributed by atoms with Crippen LogP contribution in [0.1, 0.15) is 33.9 Å². The van der Waals surface area contributed by atoms with Gasteiger partial charge in [-0.1, -0.05) is 18.2 Å². The summed E-state index contributed by atoms with van der Waals surface area (Å²) in [5.74, 6) is 0.822. The SMILES string of the molecule is Cc1cccc(-n2nc(C)c3c2NC(=O)[C@H](C)S[C@@H]3c2cccs2)c1. The fraction of sp³-hybridized carbons (Fsp3) is 0.263. The third kappa shape index (κ3) is 2.89. The van der Waals surface area contributed by atoms with Gasteiger partial charge in [-0.05, 0) is 49.9 Å². The van der Waals surface area contributed by atoms with Gasteiger partial charge in [-0.2, -0.15) is 5.10 Å². The molecule has 3 heterocycles. The average Bonchev–Trinajstić information content (AvgIpc) is 3.19. The number of carbonyl (C=O) groups excluding carboxylic acids is 1. The Morgan fingerprint density at radius 2 is 2.04 bits per heavy atom. The molecule has 0 unspecified atom stereocenters. The first kappa shape index (κ1) is 16.4. The van der Waals surface area contributed by atoms with E-state index in [-0.39, 0.29) is 16.4 Å². The molecule has 2 aromatic heterocycles. The molecule has 0 saturated heterocycles. The van der Waals surface area contributed by atoms with Crippen LogP contribution in [-0.4, -0.2) is 20.9 Å². The van der Waals surface area contributed by atoms with Gasteiger partial charge in [0.2, 0.25) is 5.91 Å². The van der Waals surface area contributed by atoms with E-state index in [1.165, 1.54) is 4.88 Å². The van der Waals surface area contributed by atoms with E-state index in [4.69, 9.17) is 5.10 Å². The number of rotatable bonds is 2. The minimum Gasteiger partial charge on any atom is -0.309 e. The topological polar surface area (TPSA) is 46.9 Å². The van der Waals surface area contributed by atoms with Crippen LogP contribution < -0.4 is 5.32 Å². The van der Waals surface area contributed by atoms with Crippen LogP contribution in [0.15, 0.2) is 41.8 Å². The van der Waals surface area contributed by atoms with Crippen molar-refractivity contribution in [3.05, 3.63) is 63.5 Å². The maximum absolute atomic E-state index is 12.6. The smallest absolute Gasteiger partial charge is 0.238 e. The Labute approximate surface area is 155 Å². The Morgan fingerprint density at radius 1 is 1.20 bits per heavy atom. The Kier molecular flexibility index (Phi) is 4.17. The van der Waals surface area contributed by atoms with Crippen molar-refractivity contribution in [2.24, 2.45) is 0 Å². The summed E-state index contributed by atoms with van der Waals surface area (Å²) >= 11 is 3.41. The summed E-state index contributed by atoms with van der Waals surface area (Å²) in [6, 6.07) is 12.4. The summed E-state index contributed by atoms with van der Waals surface area (Å²) in [4.78, 5) is 13.8. The molecule has 0 fully saturated rings. The van der Waals surface area contributed by atoms with Gasteiger partial charge in [-0.3, -0.25) is 4.79 Å². The van der Waals surface area contributed by atoms with Crippen molar-refractivity contribution in [3.63, 3.8) is 0 Å². The lowest BCUT2D eigenvalue weighted by atomic mass is 10.1. The molecule has 1 amide bonds. The molecule has 0 aliphatic carbocycles.